The number of fused-ring (bicyclic) bond motifs is 3. The normalized spacial score (nSPS) is 23.4. The molecule has 0 bridgehead atoms. The Labute approximate surface area is 175 Å². The first-order valence-electron chi connectivity index (χ1n) is 10.6. The molecule has 1 fully saturated rings. The van der Waals surface area contributed by atoms with Crippen molar-refractivity contribution in [2.75, 3.05) is 0 Å². The smallest absolute Gasteiger partial charge is 0.276 e. The molecule has 6 heteroatoms. The van der Waals surface area contributed by atoms with E-state index in [1.54, 1.807) is 11.3 Å². The molecule has 3 aromatic rings. The number of amides is 1. The van der Waals surface area contributed by atoms with Crippen molar-refractivity contribution in [3.05, 3.63) is 40.3 Å². The van der Waals surface area contributed by atoms with Crippen molar-refractivity contribution in [2.24, 2.45) is 11.8 Å². The molecule has 1 aliphatic rings. The molecule has 154 valence electrons. The average Bonchev–Trinajstić information content (AvgIpc) is 3.10. The van der Waals surface area contributed by atoms with Crippen LogP contribution < -0.4 is 10.9 Å². The highest BCUT2D eigenvalue weighted by molar-refractivity contribution is 7.26. The van der Waals surface area contributed by atoms with E-state index < -0.39 is 6.04 Å². The highest BCUT2D eigenvalue weighted by Gasteiger charge is 2.31. The summed E-state index contributed by atoms with van der Waals surface area (Å²) < 4.78 is 3.41. The number of benzene rings is 1. The first kappa shape index (κ1) is 20.1. The van der Waals surface area contributed by atoms with E-state index in [1.165, 1.54) is 11.1 Å². The summed E-state index contributed by atoms with van der Waals surface area (Å²) in [4.78, 5) is 26.6. The van der Waals surface area contributed by atoms with Crippen LogP contribution in [0.25, 0.3) is 20.2 Å². The fraction of sp³-hybridized carbons (Fsp3) is 0.522. The SMILES string of the molecule is CC[C@H](C(=O)N[C@@H]1CCC[C@@H](C)[C@H]1C)n1nc(C)c2sc3ccccc3c2c1=O. The molecule has 0 saturated heterocycles. The maximum atomic E-state index is 13.4. The van der Waals surface area contributed by atoms with Crippen LogP contribution in [0.5, 0.6) is 0 Å². The summed E-state index contributed by atoms with van der Waals surface area (Å²) in [6.45, 7) is 8.33. The minimum atomic E-state index is -0.589. The molecule has 4 atom stereocenters. The largest absolute Gasteiger partial charge is 0.351 e. The fourth-order valence-electron chi connectivity index (χ4n) is 4.62. The molecule has 5 nitrogen and oxygen atoms in total. The predicted octanol–water partition coefficient (Wildman–Crippen LogP) is 4.81. The van der Waals surface area contributed by atoms with Crippen molar-refractivity contribution in [1.82, 2.24) is 15.1 Å². The summed E-state index contributed by atoms with van der Waals surface area (Å²) >= 11 is 1.59. The molecule has 1 N–H and O–H groups in total. The molecule has 0 radical (unpaired) electrons. The minimum absolute atomic E-state index is 0.0914. The van der Waals surface area contributed by atoms with Gasteiger partial charge in [-0.1, -0.05) is 51.8 Å². The van der Waals surface area contributed by atoms with Gasteiger partial charge in [0.2, 0.25) is 5.91 Å². The van der Waals surface area contributed by atoms with E-state index in [0.717, 1.165) is 33.3 Å². The van der Waals surface area contributed by atoms with Gasteiger partial charge in [-0.05, 0) is 37.7 Å². The number of hydrogen-bond donors (Lipinski definition) is 1. The number of hydrogen-bond acceptors (Lipinski definition) is 4. The number of thiophene rings is 1. The zero-order valence-corrected chi connectivity index (χ0v) is 18.4. The van der Waals surface area contributed by atoms with E-state index in [0.29, 0.717) is 23.6 Å². The topological polar surface area (TPSA) is 64.0 Å². The number of nitrogens with one attached hydrogen (secondary N) is 1. The molecule has 0 spiro atoms. The van der Waals surface area contributed by atoms with Gasteiger partial charge in [0.1, 0.15) is 6.04 Å². The number of carbonyl (C=O) groups is 1. The molecule has 0 unspecified atom stereocenters. The lowest BCUT2D eigenvalue weighted by atomic mass is 9.78. The zero-order chi connectivity index (χ0) is 20.7. The quantitative estimate of drug-likeness (QED) is 0.670. The highest BCUT2D eigenvalue weighted by Crippen LogP contribution is 2.33. The van der Waals surface area contributed by atoms with E-state index in [4.69, 9.17) is 0 Å². The number of rotatable bonds is 4. The standard InChI is InChI=1S/C23H29N3O2S/c1-5-18(22(27)24-17-11-8-9-13(2)14(17)3)26-23(28)20-16-10-6-7-12-19(16)29-21(20)15(4)25-26/h6-7,10,12-14,17-18H,5,8-9,11H2,1-4H3,(H,24,27)/t13-,14-,17-,18-/m1/s1. The molecule has 4 rings (SSSR count). The van der Waals surface area contributed by atoms with Crippen molar-refractivity contribution in [1.29, 1.82) is 0 Å². The Morgan fingerprint density at radius 3 is 2.83 bits per heavy atom. The lowest BCUT2D eigenvalue weighted by molar-refractivity contribution is -0.126. The van der Waals surface area contributed by atoms with Gasteiger partial charge in [0.25, 0.3) is 5.56 Å². The lowest BCUT2D eigenvalue weighted by Gasteiger charge is -2.35. The molecule has 1 aromatic carbocycles. The monoisotopic (exact) mass is 411 g/mol. The number of nitrogens with zero attached hydrogens (tertiary/aromatic N) is 2. The van der Waals surface area contributed by atoms with E-state index >= 15 is 0 Å². The third-order valence-electron chi connectivity index (χ3n) is 6.62. The molecular weight excluding hydrogens is 382 g/mol. The van der Waals surface area contributed by atoms with Crippen LogP contribution in [0.1, 0.15) is 58.2 Å². The van der Waals surface area contributed by atoms with Gasteiger partial charge < -0.3 is 5.32 Å². The maximum absolute atomic E-state index is 13.4. The lowest BCUT2D eigenvalue weighted by Crippen LogP contribution is -2.47. The second-order valence-corrected chi connectivity index (χ2v) is 9.50. The average molecular weight is 412 g/mol. The second-order valence-electron chi connectivity index (χ2n) is 8.44. The summed E-state index contributed by atoms with van der Waals surface area (Å²) in [5, 5.41) is 9.44. The summed E-state index contributed by atoms with van der Waals surface area (Å²) in [6, 6.07) is 7.51. The van der Waals surface area contributed by atoms with Crippen LogP contribution in [0.15, 0.2) is 29.1 Å². The second kappa shape index (κ2) is 7.90. The van der Waals surface area contributed by atoms with Crippen molar-refractivity contribution in [3.8, 4) is 0 Å². The Bertz CT molecular complexity index is 1120. The molecule has 1 aliphatic carbocycles. The Morgan fingerprint density at radius 2 is 2.07 bits per heavy atom. The van der Waals surface area contributed by atoms with Crippen LogP contribution in [0.2, 0.25) is 0 Å². The third-order valence-corrected chi connectivity index (χ3v) is 7.90. The van der Waals surface area contributed by atoms with Crippen LogP contribution in [0.4, 0.5) is 0 Å². The summed E-state index contributed by atoms with van der Waals surface area (Å²) in [5.41, 5.74) is 0.627. The highest BCUT2D eigenvalue weighted by atomic mass is 32.1. The molecule has 0 aliphatic heterocycles. The molecule has 1 amide bonds. The molecule has 2 heterocycles. The third kappa shape index (κ3) is 3.48. The van der Waals surface area contributed by atoms with Gasteiger partial charge in [0.15, 0.2) is 0 Å². The van der Waals surface area contributed by atoms with Crippen molar-refractivity contribution < 1.29 is 4.79 Å². The van der Waals surface area contributed by atoms with E-state index in [2.05, 4.69) is 24.3 Å². The Hall–Kier alpha value is -2.21. The Balaban J connectivity index is 1.73. The van der Waals surface area contributed by atoms with Crippen LogP contribution in [0, 0.1) is 18.8 Å². The predicted molar refractivity (Wildman–Crippen MR) is 120 cm³/mol. The van der Waals surface area contributed by atoms with Gasteiger partial charge in [-0.2, -0.15) is 5.10 Å². The molecular formula is C23H29N3O2S. The van der Waals surface area contributed by atoms with Gasteiger partial charge in [0.05, 0.1) is 15.8 Å². The summed E-state index contributed by atoms with van der Waals surface area (Å²) in [7, 11) is 0. The van der Waals surface area contributed by atoms with Gasteiger partial charge >= 0.3 is 0 Å². The van der Waals surface area contributed by atoms with Crippen LogP contribution in [-0.4, -0.2) is 21.7 Å². The molecule has 2 aromatic heterocycles. The first-order valence-corrected chi connectivity index (χ1v) is 11.4. The van der Waals surface area contributed by atoms with E-state index in [-0.39, 0.29) is 17.5 Å². The van der Waals surface area contributed by atoms with Crippen LogP contribution in [-0.2, 0) is 4.79 Å². The van der Waals surface area contributed by atoms with E-state index in [9.17, 15) is 9.59 Å². The number of aromatic nitrogens is 2. The van der Waals surface area contributed by atoms with Gasteiger partial charge in [0, 0.05) is 16.1 Å². The fourth-order valence-corrected chi connectivity index (χ4v) is 5.76. The first-order chi connectivity index (χ1) is 13.9. The van der Waals surface area contributed by atoms with Crippen LogP contribution >= 0.6 is 11.3 Å². The summed E-state index contributed by atoms with van der Waals surface area (Å²) in [5.74, 6) is 0.956. The van der Waals surface area contributed by atoms with Crippen molar-refractivity contribution in [3.63, 3.8) is 0 Å². The van der Waals surface area contributed by atoms with Gasteiger partial charge in [-0.3, -0.25) is 9.59 Å². The molecule has 1 saturated carbocycles. The maximum Gasteiger partial charge on any atom is 0.276 e. The zero-order valence-electron chi connectivity index (χ0n) is 17.6. The Morgan fingerprint density at radius 1 is 1.31 bits per heavy atom. The minimum Gasteiger partial charge on any atom is -0.351 e. The van der Waals surface area contributed by atoms with Crippen molar-refractivity contribution in [2.45, 2.75) is 65.5 Å². The number of aryl methyl sites for hydroxylation is 1. The Kier molecular flexibility index (Phi) is 5.47. The summed E-state index contributed by atoms with van der Waals surface area (Å²) in [6.07, 6.45) is 3.88. The van der Waals surface area contributed by atoms with Gasteiger partial charge in [-0.25, -0.2) is 4.68 Å². The van der Waals surface area contributed by atoms with Gasteiger partial charge in [-0.15, -0.1) is 11.3 Å². The molecule has 29 heavy (non-hydrogen) atoms. The number of carbonyl (C=O) groups excluding carboxylic acids is 1. The van der Waals surface area contributed by atoms with E-state index in [1.807, 2.05) is 38.1 Å². The van der Waals surface area contributed by atoms with Crippen molar-refractivity contribution >= 4 is 37.4 Å². The van der Waals surface area contributed by atoms with Crippen LogP contribution in [0.3, 0.4) is 0 Å².